The second-order valence-corrected chi connectivity index (χ2v) is 21.3. The Hall–Kier alpha value is -3.74. The Morgan fingerprint density at radius 3 is 2.41 bits per heavy atom. The van der Waals surface area contributed by atoms with E-state index in [0.717, 1.165) is 0 Å². The van der Waals surface area contributed by atoms with E-state index in [1.807, 2.05) is 4.90 Å². The van der Waals surface area contributed by atoms with Gasteiger partial charge in [0.1, 0.15) is 23.8 Å². The number of hydrogen-bond acceptors (Lipinski definition) is 6. The average molecular weight is 744 g/mol. The Morgan fingerprint density at radius 2 is 1.73 bits per heavy atom. The maximum atomic E-state index is 16.9. The average Bonchev–Trinajstić information content (AvgIpc) is 3.35. The fourth-order valence-corrected chi connectivity index (χ4v) is 8.23. The topological polar surface area (TPSA) is 80.3 Å². The van der Waals surface area contributed by atoms with Crippen LogP contribution in [0.3, 0.4) is 0 Å². The highest BCUT2D eigenvalue weighted by Crippen LogP contribution is 2.54. The number of nitrogens with zero attached hydrogens (tertiary/aromatic N) is 2. The number of rotatable bonds is 5. The molecule has 274 valence electrons. The van der Waals surface area contributed by atoms with Crippen molar-refractivity contribution < 1.29 is 36.7 Å². The van der Waals surface area contributed by atoms with Crippen LogP contribution >= 0.6 is 11.6 Å². The summed E-state index contributed by atoms with van der Waals surface area (Å²) in [6.45, 7) is 16.6. The number of ether oxygens (including phenoxy) is 2. The lowest BCUT2D eigenvalue weighted by Gasteiger charge is -2.48. The zero-order chi connectivity index (χ0) is 37.3. The molecule has 2 amide bonds. The van der Waals surface area contributed by atoms with Crippen LogP contribution in [0.25, 0.3) is 11.1 Å². The van der Waals surface area contributed by atoms with Crippen LogP contribution in [0.4, 0.5) is 23.7 Å². The highest BCUT2D eigenvalue weighted by atomic mass is 35.5. The molecule has 3 aliphatic rings. The van der Waals surface area contributed by atoms with E-state index in [0.29, 0.717) is 22.4 Å². The van der Waals surface area contributed by atoms with E-state index in [1.54, 1.807) is 31.7 Å². The summed E-state index contributed by atoms with van der Waals surface area (Å²) in [5, 5.41) is 2.38. The van der Waals surface area contributed by atoms with Crippen LogP contribution in [0.5, 0.6) is 5.75 Å². The summed E-state index contributed by atoms with van der Waals surface area (Å²) in [6, 6.07) is 8.57. The third kappa shape index (κ3) is 6.82. The van der Waals surface area contributed by atoms with E-state index in [1.165, 1.54) is 30.3 Å². The lowest BCUT2D eigenvalue weighted by molar-refractivity contribution is 0.0164. The summed E-state index contributed by atoms with van der Waals surface area (Å²) in [6.07, 6.45) is -0.436. The van der Waals surface area contributed by atoms with Gasteiger partial charge in [0.15, 0.2) is 19.9 Å². The van der Waals surface area contributed by atoms with Crippen molar-refractivity contribution >= 4 is 37.6 Å². The van der Waals surface area contributed by atoms with Gasteiger partial charge in [-0.1, -0.05) is 38.4 Å². The summed E-state index contributed by atoms with van der Waals surface area (Å²) in [4.78, 5) is 30.7. The number of nitrogens with one attached hydrogen (secondary N) is 1. The van der Waals surface area contributed by atoms with Gasteiger partial charge in [-0.2, -0.15) is 0 Å². The zero-order valence-electron chi connectivity index (χ0n) is 30.4. The monoisotopic (exact) mass is 743 g/mol. The minimum absolute atomic E-state index is 0.00656. The van der Waals surface area contributed by atoms with E-state index < -0.39 is 48.9 Å². The molecule has 3 aromatic carbocycles. The molecule has 1 unspecified atom stereocenters. The first-order valence-corrected chi connectivity index (χ1v) is 20.5. The molecule has 3 aromatic rings. The number of hydrogen-bond donors (Lipinski definition) is 1. The molecule has 6 rings (SSSR count). The molecule has 0 aromatic heterocycles. The summed E-state index contributed by atoms with van der Waals surface area (Å²) >= 11 is 6.76. The van der Waals surface area contributed by atoms with Crippen molar-refractivity contribution in [3.05, 3.63) is 81.1 Å². The van der Waals surface area contributed by atoms with Gasteiger partial charge in [0.2, 0.25) is 0 Å². The van der Waals surface area contributed by atoms with E-state index in [2.05, 4.69) is 39.2 Å². The number of benzene rings is 3. The van der Waals surface area contributed by atoms with Crippen molar-refractivity contribution in [2.45, 2.75) is 83.8 Å². The highest BCUT2D eigenvalue weighted by Gasteiger charge is 2.52. The third-order valence-corrected chi connectivity index (χ3v) is 15.3. The molecule has 3 heterocycles. The fourth-order valence-electron chi connectivity index (χ4n) is 6.94. The molecule has 3 aliphatic heterocycles. The second kappa shape index (κ2) is 13.0. The molecule has 1 saturated heterocycles. The number of piperazine rings is 1. The number of anilines is 1. The zero-order valence-corrected chi connectivity index (χ0v) is 32.1. The van der Waals surface area contributed by atoms with Gasteiger partial charge in [-0.15, -0.1) is 0 Å². The van der Waals surface area contributed by atoms with Gasteiger partial charge < -0.3 is 29.0 Å². The van der Waals surface area contributed by atoms with Crippen LogP contribution in [-0.2, 0) is 27.7 Å². The fraction of sp³-hybridized carbons (Fsp3) is 0.474. The van der Waals surface area contributed by atoms with E-state index in [4.69, 9.17) is 25.5 Å². The van der Waals surface area contributed by atoms with Crippen molar-refractivity contribution in [1.82, 2.24) is 10.2 Å². The number of halogens is 4. The number of amides is 2. The van der Waals surface area contributed by atoms with Crippen molar-refractivity contribution in [2.24, 2.45) is 0 Å². The molecule has 1 spiro atoms. The van der Waals surface area contributed by atoms with Crippen molar-refractivity contribution in [2.75, 3.05) is 37.7 Å². The smallest absolute Gasteiger partial charge is 0.410 e. The van der Waals surface area contributed by atoms with Gasteiger partial charge in [-0.25, -0.2) is 18.0 Å². The van der Waals surface area contributed by atoms with Crippen LogP contribution in [-0.4, -0.2) is 63.7 Å². The van der Waals surface area contributed by atoms with Gasteiger partial charge >= 0.3 is 6.09 Å². The number of carbonyl (C=O) groups excluding carboxylic acids is 2. The molecule has 0 radical (unpaired) electrons. The molecule has 51 heavy (non-hydrogen) atoms. The predicted molar refractivity (Wildman–Crippen MR) is 194 cm³/mol. The first-order valence-electron chi connectivity index (χ1n) is 17.2. The van der Waals surface area contributed by atoms with E-state index in [-0.39, 0.29) is 78.3 Å². The Kier molecular flexibility index (Phi) is 9.46. The summed E-state index contributed by atoms with van der Waals surface area (Å²) < 4.78 is 66.2. The quantitative estimate of drug-likeness (QED) is 0.208. The Balaban J connectivity index is 1.50. The minimum Gasteiger partial charge on any atom is -0.488 e. The Labute approximate surface area is 303 Å². The van der Waals surface area contributed by atoms with Gasteiger partial charge in [0, 0.05) is 42.9 Å². The first kappa shape index (κ1) is 37.0. The van der Waals surface area contributed by atoms with Crippen molar-refractivity contribution in [3.63, 3.8) is 0 Å². The standard InChI is InChI=1S/C38H45ClF3N3O5Si/c1-36(2,3)50-35(47)44-11-12-45-28-18-27(41)32(39)30-26(28)19-38(45,21-44)23-15-22(16-24(40)17-23)20-43-34(46)25-9-10-29(33(42)31(25)30)48-13-14-49-51(7,8)37(4,5)6/h9-10,15-18H,11-14,19-21H2,1-8H3,(H,43,46). The first-order chi connectivity index (χ1) is 23.7. The Morgan fingerprint density at radius 1 is 1.00 bits per heavy atom. The molecule has 4 bridgehead atoms. The van der Waals surface area contributed by atoms with Gasteiger partial charge in [-0.05, 0) is 85.9 Å². The van der Waals surface area contributed by atoms with Crippen LogP contribution in [0.2, 0.25) is 23.2 Å². The molecular formula is C38H45ClF3N3O5Si. The van der Waals surface area contributed by atoms with Crippen molar-refractivity contribution in [3.8, 4) is 16.9 Å². The molecule has 1 N–H and O–H groups in total. The van der Waals surface area contributed by atoms with Gasteiger partial charge in [-0.3, -0.25) is 4.79 Å². The Bertz CT molecular complexity index is 1910. The molecule has 1 atom stereocenters. The maximum absolute atomic E-state index is 16.9. The van der Waals surface area contributed by atoms with Crippen LogP contribution < -0.4 is 15.0 Å². The molecule has 0 saturated carbocycles. The number of carbonyl (C=O) groups is 2. The van der Waals surface area contributed by atoms with Crippen LogP contribution in [0, 0.1) is 17.5 Å². The molecule has 8 nitrogen and oxygen atoms in total. The lowest BCUT2D eigenvalue weighted by Crippen LogP contribution is -2.61. The maximum Gasteiger partial charge on any atom is 0.410 e. The lowest BCUT2D eigenvalue weighted by atomic mass is 9.81. The van der Waals surface area contributed by atoms with Crippen molar-refractivity contribution in [1.29, 1.82) is 0 Å². The summed E-state index contributed by atoms with van der Waals surface area (Å²) in [7, 11) is -2.10. The van der Waals surface area contributed by atoms with Gasteiger partial charge in [0.25, 0.3) is 5.91 Å². The van der Waals surface area contributed by atoms with Crippen LogP contribution in [0.1, 0.15) is 68.6 Å². The van der Waals surface area contributed by atoms with Gasteiger partial charge in [0.05, 0.1) is 29.3 Å². The molecule has 13 heteroatoms. The normalized spacial score (nSPS) is 18.7. The van der Waals surface area contributed by atoms with E-state index >= 15 is 13.2 Å². The summed E-state index contributed by atoms with van der Waals surface area (Å²) in [5.74, 6) is -3.02. The minimum atomic E-state index is -2.10. The largest absolute Gasteiger partial charge is 0.488 e. The molecule has 1 fully saturated rings. The molecular weight excluding hydrogens is 699 g/mol. The van der Waals surface area contributed by atoms with E-state index in [9.17, 15) is 9.59 Å². The third-order valence-electron chi connectivity index (χ3n) is 10.4. The number of fused-ring (bicyclic) bond motifs is 5. The predicted octanol–water partition coefficient (Wildman–Crippen LogP) is 8.58. The SMILES string of the molecule is CC(C)(C)OC(=O)N1CCN2c3cc(F)c(Cl)c4c3CC2(C1)c1cc(F)cc(c1)CNC(=O)c1ccc(OCCO[Si](C)(C)C(C)(C)C)c(F)c1-4. The second-order valence-electron chi connectivity index (χ2n) is 16.1. The summed E-state index contributed by atoms with van der Waals surface area (Å²) in [5.41, 5.74) is -0.287. The highest BCUT2D eigenvalue weighted by molar-refractivity contribution is 6.74. The van der Waals surface area contributed by atoms with Crippen LogP contribution in [0.15, 0.2) is 36.4 Å². The molecule has 0 aliphatic carbocycles.